The van der Waals surface area contributed by atoms with Crippen LogP contribution in [0.25, 0.3) is 0 Å². The predicted molar refractivity (Wildman–Crippen MR) is 202 cm³/mol. The second-order valence-corrected chi connectivity index (χ2v) is 20.1. The van der Waals surface area contributed by atoms with Gasteiger partial charge in [0.15, 0.2) is 0 Å². The smallest absolute Gasteiger partial charge is 0.309 e. The minimum absolute atomic E-state index is 0.00882. The van der Waals surface area contributed by atoms with E-state index >= 15 is 0 Å². The van der Waals surface area contributed by atoms with Crippen molar-refractivity contribution in [2.75, 3.05) is 0 Å². The summed E-state index contributed by atoms with van der Waals surface area (Å²) in [5.74, 6) is 1.36. The first-order valence-electron chi connectivity index (χ1n) is 20.1. The lowest BCUT2D eigenvalue weighted by molar-refractivity contribution is -0.250. The fourth-order valence-corrected chi connectivity index (χ4v) is 13.9. The number of allylic oxidation sites excluding steroid dienone is 1. The number of carboxylic acid groups (broad SMARTS) is 1. The van der Waals surface area contributed by atoms with Crippen LogP contribution in [0.3, 0.4) is 0 Å². The van der Waals surface area contributed by atoms with Gasteiger partial charge in [0.1, 0.15) is 6.10 Å². The lowest BCUT2D eigenvalue weighted by Gasteiger charge is -2.73. The van der Waals surface area contributed by atoms with Crippen molar-refractivity contribution >= 4 is 17.8 Å². The highest BCUT2D eigenvalue weighted by molar-refractivity contribution is 5.81. The van der Waals surface area contributed by atoms with Gasteiger partial charge in [0, 0.05) is 11.8 Å². The van der Waals surface area contributed by atoms with Gasteiger partial charge in [-0.1, -0.05) is 77.1 Å². The molecule has 5 aliphatic carbocycles. The third-order valence-electron chi connectivity index (χ3n) is 16.8. The summed E-state index contributed by atoms with van der Waals surface area (Å²) in [4.78, 5) is 38.7. The van der Waals surface area contributed by atoms with Gasteiger partial charge in [-0.25, -0.2) is 0 Å². The summed E-state index contributed by atoms with van der Waals surface area (Å²) in [5.41, 5.74) is 1.64. The highest BCUT2D eigenvalue weighted by atomic mass is 16.5. The highest BCUT2D eigenvalue weighted by Crippen LogP contribution is 2.78. The molecule has 0 bridgehead atoms. The van der Waals surface area contributed by atoms with Gasteiger partial charge in [-0.2, -0.15) is 0 Å². The first-order valence-corrected chi connectivity index (χ1v) is 20.1. The molecular weight excluding hydrogens is 634 g/mol. The summed E-state index contributed by atoms with van der Waals surface area (Å²) in [6.45, 7) is 24.5. The minimum Gasteiger partial charge on any atom is -0.481 e. The van der Waals surface area contributed by atoms with Crippen LogP contribution >= 0.6 is 0 Å². The number of hydrogen-bond donors (Lipinski definition) is 2. The van der Waals surface area contributed by atoms with Gasteiger partial charge < -0.3 is 15.2 Å². The third-order valence-corrected chi connectivity index (χ3v) is 16.8. The summed E-state index contributed by atoms with van der Waals surface area (Å²) in [7, 11) is 0. The maximum absolute atomic E-state index is 13.9. The van der Waals surface area contributed by atoms with E-state index in [9.17, 15) is 19.5 Å². The van der Waals surface area contributed by atoms with Gasteiger partial charge in [0.25, 0.3) is 0 Å². The van der Waals surface area contributed by atoms with Crippen molar-refractivity contribution in [3.8, 4) is 0 Å². The summed E-state index contributed by atoms with van der Waals surface area (Å²) < 4.78 is 6.18. The maximum atomic E-state index is 13.9. The van der Waals surface area contributed by atoms with Crippen LogP contribution in [0, 0.1) is 62.1 Å². The molecule has 6 nitrogen and oxygen atoms in total. The van der Waals surface area contributed by atoms with E-state index in [4.69, 9.17) is 4.74 Å². The molecule has 1 aromatic carbocycles. The molecule has 0 heterocycles. The SMILES string of the molecule is C=C(C)[C@@H]1CC[C@]2(CC(=O)N[C@@H](C)c3ccccc3)CC[C@]3(C)[C@H](CCC4[C@@]5(C)CC[C@H](OC(=O)CC(C)(C)C(=O)O)C(C)(C)C5CC[C@]43C)[C@@H]12. The Balaban J connectivity index is 1.23. The van der Waals surface area contributed by atoms with E-state index in [2.05, 4.69) is 72.5 Å². The van der Waals surface area contributed by atoms with Crippen LogP contribution in [0.1, 0.15) is 151 Å². The van der Waals surface area contributed by atoms with Crippen LogP contribution in [0.2, 0.25) is 0 Å². The van der Waals surface area contributed by atoms with E-state index < -0.39 is 17.4 Å². The molecule has 6 heteroatoms. The van der Waals surface area contributed by atoms with Crippen LogP contribution < -0.4 is 5.32 Å². The topological polar surface area (TPSA) is 92.7 Å². The Kier molecular flexibility index (Phi) is 9.75. The van der Waals surface area contributed by atoms with Crippen LogP contribution in [0.5, 0.6) is 0 Å². The number of ether oxygens (including phenoxy) is 1. The van der Waals surface area contributed by atoms with Gasteiger partial charge >= 0.3 is 11.9 Å². The molecule has 11 atom stereocenters. The molecule has 0 spiro atoms. The number of carbonyl (C=O) groups is 3. The molecule has 2 unspecified atom stereocenters. The molecular formula is C45H67NO5. The van der Waals surface area contributed by atoms with Crippen molar-refractivity contribution in [2.45, 2.75) is 152 Å². The number of rotatable bonds is 9. The maximum Gasteiger partial charge on any atom is 0.309 e. The predicted octanol–water partition coefficient (Wildman–Crippen LogP) is 10.3. The van der Waals surface area contributed by atoms with E-state index in [0.29, 0.717) is 36.0 Å². The standard InChI is InChI=1S/C45H67NO5/c1-28(2)31-18-23-45(26-36(47)46-29(3)30-14-12-11-13-15-30)25-24-43(9)32(38(31)45)16-17-34-42(8)21-20-35(51-37(48)27-40(4,5)39(49)50)41(6,7)33(42)19-22-44(34,43)10/h11-15,29,31-35,38H,1,16-27H2,2-10H3,(H,46,47)(H,49,50)/t29-,31-,32+,33?,34?,35-,38+,42-,43+,44+,45+/m0/s1. The van der Waals surface area contributed by atoms with Gasteiger partial charge in [0.05, 0.1) is 17.9 Å². The fourth-order valence-electron chi connectivity index (χ4n) is 13.9. The number of nitrogens with one attached hydrogen (secondary N) is 1. The number of carboxylic acids is 1. The van der Waals surface area contributed by atoms with Crippen molar-refractivity contribution in [1.29, 1.82) is 0 Å². The number of aliphatic carboxylic acids is 1. The summed E-state index contributed by atoms with van der Waals surface area (Å²) >= 11 is 0. The number of hydrogen-bond acceptors (Lipinski definition) is 4. The van der Waals surface area contributed by atoms with E-state index in [1.165, 1.54) is 31.3 Å². The number of fused-ring (bicyclic) bond motifs is 7. The van der Waals surface area contributed by atoms with Gasteiger partial charge in [-0.05, 0) is 149 Å². The van der Waals surface area contributed by atoms with Gasteiger partial charge in [-0.3, -0.25) is 14.4 Å². The van der Waals surface area contributed by atoms with Crippen molar-refractivity contribution in [3.05, 3.63) is 48.0 Å². The zero-order valence-corrected chi connectivity index (χ0v) is 33.2. The monoisotopic (exact) mass is 702 g/mol. The zero-order chi connectivity index (χ0) is 37.4. The summed E-state index contributed by atoms with van der Waals surface area (Å²) in [6.07, 6.45) is 11.4. The highest BCUT2D eigenvalue weighted by Gasteiger charge is 2.71. The Bertz CT molecular complexity index is 1530. The number of benzene rings is 1. The second kappa shape index (κ2) is 13.0. The van der Waals surface area contributed by atoms with E-state index in [0.717, 1.165) is 44.1 Å². The molecule has 1 aromatic rings. The first kappa shape index (κ1) is 38.1. The van der Waals surface area contributed by atoms with Crippen LogP contribution in [0.15, 0.2) is 42.5 Å². The average Bonchev–Trinajstić information content (AvgIpc) is 3.42. The van der Waals surface area contributed by atoms with Gasteiger partial charge in [0.2, 0.25) is 5.91 Å². The number of amides is 1. The van der Waals surface area contributed by atoms with Gasteiger partial charge in [-0.15, -0.1) is 0 Å². The zero-order valence-electron chi connectivity index (χ0n) is 33.2. The fraction of sp³-hybridized carbons (Fsp3) is 0.756. The Labute approximate surface area is 308 Å². The van der Waals surface area contributed by atoms with Crippen molar-refractivity contribution in [1.82, 2.24) is 5.32 Å². The Hall–Kier alpha value is -2.63. The Morgan fingerprint density at radius 1 is 0.902 bits per heavy atom. The van der Waals surface area contributed by atoms with Crippen LogP contribution in [-0.2, 0) is 19.1 Å². The largest absolute Gasteiger partial charge is 0.481 e. The van der Waals surface area contributed by atoms with Crippen molar-refractivity contribution in [2.24, 2.45) is 62.1 Å². The molecule has 0 aliphatic heterocycles. The molecule has 2 N–H and O–H groups in total. The quantitative estimate of drug-likeness (QED) is 0.197. The molecule has 5 fully saturated rings. The molecule has 0 saturated heterocycles. The summed E-state index contributed by atoms with van der Waals surface area (Å²) in [5, 5.41) is 13.0. The van der Waals surface area contributed by atoms with Crippen LogP contribution in [-0.4, -0.2) is 29.1 Å². The van der Waals surface area contributed by atoms with E-state index in [1.807, 2.05) is 18.2 Å². The van der Waals surface area contributed by atoms with E-state index in [-0.39, 0.29) is 51.5 Å². The lowest BCUT2D eigenvalue weighted by atomic mass is 9.32. The normalized spacial score (nSPS) is 40.4. The van der Waals surface area contributed by atoms with Crippen molar-refractivity contribution in [3.63, 3.8) is 0 Å². The minimum atomic E-state index is -1.14. The Morgan fingerprint density at radius 3 is 2.24 bits per heavy atom. The molecule has 51 heavy (non-hydrogen) atoms. The summed E-state index contributed by atoms with van der Waals surface area (Å²) in [6, 6.07) is 10.3. The third kappa shape index (κ3) is 6.11. The van der Waals surface area contributed by atoms with Crippen molar-refractivity contribution < 1.29 is 24.2 Å². The number of carbonyl (C=O) groups excluding carboxylic acids is 2. The first-order chi connectivity index (χ1) is 23.7. The molecule has 6 rings (SSSR count). The van der Waals surface area contributed by atoms with Crippen LogP contribution in [0.4, 0.5) is 0 Å². The molecule has 5 saturated carbocycles. The molecule has 0 radical (unpaired) electrons. The number of esters is 1. The molecule has 282 valence electrons. The second-order valence-electron chi connectivity index (χ2n) is 20.1. The molecule has 5 aliphatic rings. The molecule has 0 aromatic heterocycles. The van der Waals surface area contributed by atoms with E-state index in [1.54, 1.807) is 13.8 Å². The Morgan fingerprint density at radius 2 is 1.59 bits per heavy atom. The lowest BCUT2D eigenvalue weighted by Crippen LogP contribution is -2.67. The average molecular weight is 702 g/mol. The molecule has 1 amide bonds.